The van der Waals surface area contributed by atoms with Crippen LogP contribution >= 0.6 is 0 Å². The van der Waals surface area contributed by atoms with Crippen molar-refractivity contribution in [2.45, 2.75) is 4.90 Å². The molecule has 2 heterocycles. The standard InChI is InChI=1S/C16H17N3O5S/c1-25(22,23)12-4-2-11(3-5-12)14-13(15(20)21)10-17-16(18-14)19-6-8-24-9-7-19/h2-5,10H,6-9H2,1H3,(H,20,21). The first-order valence-electron chi connectivity index (χ1n) is 7.60. The van der Waals surface area contributed by atoms with Gasteiger partial charge in [-0.15, -0.1) is 0 Å². The van der Waals surface area contributed by atoms with Gasteiger partial charge in [0.15, 0.2) is 9.84 Å². The minimum Gasteiger partial charge on any atom is -0.478 e. The number of ether oxygens (including phenoxy) is 1. The Bertz CT molecular complexity index is 890. The lowest BCUT2D eigenvalue weighted by Crippen LogP contribution is -2.37. The molecule has 25 heavy (non-hydrogen) atoms. The fraction of sp³-hybridized carbons (Fsp3) is 0.312. The molecule has 2 aromatic rings. The van der Waals surface area contributed by atoms with Crippen LogP contribution in [-0.4, -0.2) is 62.0 Å². The third-order valence-electron chi connectivity index (χ3n) is 3.86. The number of sulfone groups is 1. The molecule has 8 nitrogen and oxygen atoms in total. The first-order chi connectivity index (χ1) is 11.9. The molecule has 0 amide bonds. The molecule has 1 fully saturated rings. The van der Waals surface area contributed by atoms with Crippen molar-refractivity contribution in [2.24, 2.45) is 0 Å². The summed E-state index contributed by atoms with van der Waals surface area (Å²) >= 11 is 0. The molecule has 1 aromatic heterocycles. The molecule has 1 aliphatic rings. The number of aromatic nitrogens is 2. The smallest absolute Gasteiger partial charge is 0.339 e. The first kappa shape index (κ1) is 17.3. The lowest BCUT2D eigenvalue weighted by atomic mass is 10.1. The van der Waals surface area contributed by atoms with Crippen LogP contribution in [0.25, 0.3) is 11.3 Å². The quantitative estimate of drug-likeness (QED) is 0.859. The Labute approximate surface area is 145 Å². The minimum atomic E-state index is -3.32. The van der Waals surface area contributed by atoms with E-state index in [9.17, 15) is 18.3 Å². The monoisotopic (exact) mass is 363 g/mol. The Kier molecular flexibility index (Phi) is 4.69. The number of benzene rings is 1. The lowest BCUT2D eigenvalue weighted by Gasteiger charge is -2.27. The third-order valence-corrected chi connectivity index (χ3v) is 4.98. The Balaban J connectivity index is 2.04. The number of aromatic carboxylic acids is 1. The number of hydrogen-bond acceptors (Lipinski definition) is 7. The number of nitrogens with zero attached hydrogens (tertiary/aromatic N) is 3. The van der Waals surface area contributed by atoms with Gasteiger partial charge in [-0.1, -0.05) is 12.1 Å². The van der Waals surface area contributed by atoms with Crippen LogP contribution in [0.5, 0.6) is 0 Å². The molecule has 0 unspecified atom stereocenters. The Morgan fingerprint density at radius 3 is 2.40 bits per heavy atom. The number of carboxylic acids is 1. The lowest BCUT2D eigenvalue weighted by molar-refractivity contribution is 0.0696. The molecule has 0 atom stereocenters. The Hall–Kier alpha value is -2.52. The van der Waals surface area contributed by atoms with E-state index in [1.807, 2.05) is 4.90 Å². The summed E-state index contributed by atoms with van der Waals surface area (Å²) in [6, 6.07) is 5.97. The van der Waals surface area contributed by atoms with Gasteiger partial charge in [0.25, 0.3) is 0 Å². The molecule has 0 aliphatic carbocycles. The van der Waals surface area contributed by atoms with Crippen LogP contribution in [0.15, 0.2) is 35.4 Å². The van der Waals surface area contributed by atoms with Crippen molar-refractivity contribution in [1.29, 1.82) is 0 Å². The van der Waals surface area contributed by atoms with Gasteiger partial charge in [0, 0.05) is 31.1 Å². The summed E-state index contributed by atoms with van der Waals surface area (Å²) in [5.41, 5.74) is 0.731. The first-order valence-corrected chi connectivity index (χ1v) is 9.49. The van der Waals surface area contributed by atoms with E-state index >= 15 is 0 Å². The predicted octanol–water partition coefficient (Wildman–Crippen LogP) is 1.08. The normalized spacial score (nSPS) is 15.2. The van der Waals surface area contributed by atoms with Crippen LogP contribution < -0.4 is 4.90 Å². The molecular formula is C16H17N3O5S. The average Bonchev–Trinajstić information content (AvgIpc) is 2.61. The molecule has 0 spiro atoms. The summed E-state index contributed by atoms with van der Waals surface area (Å²) in [5, 5.41) is 9.40. The SMILES string of the molecule is CS(=O)(=O)c1ccc(-c2nc(N3CCOCC3)ncc2C(=O)O)cc1. The van der Waals surface area contributed by atoms with Gasteiger partial charge < -0.3 is 14.7 Å². The number of carbonyl (C=O) groups is 1. The average molecular weight is 363 g/mol. The Morgan fingerprint density at radius 2 is 1.84 bits per heavy atom. The second-order valence-electron chi connectivity index (χ2n) is 5.63. The fourth-order valence-corrected chi connectivity index (χ4v) is 3.16. The minimum absolute atomic E-state index is 0.0379. The van der Waals surface area contributed by atoms with E-state index in [1.54, 1.807) is 12.1 Å². The maximum atomic E-state index is 11.6. The van der Waals surface area contributed by atoms with Crippen LogP contribution in [0.3, 0.4) is 0 Å². The maximum absolute atomic E-state index is 11.6. The number of anilines is 1. The van der Waals surface area contributed by atoms with Gasteiger partial charge in [-0.3, -0.25) is 0 Å². The molecule has 132 valence electrons. The van der Waals surface area contributed by atoms with Gasteiger partial charge in [-0.2, -0.15) is 0 Å². The van der Waals surface area contributed by atoms with Crippen molar-refractivity contribution in [3.8, 4) is 11.3 Å². The summed E-state index contributed by atoms with van der Waals surface area (Å²) in [7, 11) is -3.32. The third kappa shape index (κ3) is 3.77. The molecule has 0 bridgehead atoms. The molecule has 1 aliphatic heterocycles. The largest absolute Gasteiger partial charge is 0.478 e. The fourth-order valence-electron chi connectivity index (χ4n) is 2.52. The van der Waals surface area contributed by atoms with Gasteiger partial charge in [0.2, 0.25) is 5.95 Å². The Morgan fingerprint density at radius 1 is 1.20 bits per heavy atom. The predicted molar refractivity (Wildman–Crippen MR) is 90.6 cm³/mol. The van der Waals surface area contributed by atoms with Gasteiger partial charge in [0.1, 0.15) is 5.56 Å². The highest BCUT2D eigenvalue weighted by Crippen LogP contribution is 2.25. The van der Waals surface area contributed by atoms with E-state index < -0.39 is 15.8 Å². The van der Waals surface area contributed by atoms with Crippen LogP contribution in [0.1, 0.15) is 10.4 Å². The summed E-state index contributed by atoms with van der Waals surface area (Å²) in [4.78, 5) is 22.1. The molecular weight excluding hydrogens is 346 g/mol. The number of hydrogen-bond donors (Lipinski definition) is 1. The molecule has 1 saturated heterocycles. The van der Waals surface area contributed by atoms with E-state index in [1.165, 1.54) is 18.3 Å². The summed E-state index contributed by atoms with van der Waals surface area (Å²) in [6.45, 7) is 2.36. The van der Waals surface area contributed by atoms with Crippen molar-refractivity contribution in [3.05, 3.63) is 36.0 Å². The molecule has 1 N–H and O–H groups in total. The number of morpholine rings is 1. The molecule has 1 aromatic carbocycles. The van der Waals surface area contributed by atoms with Crippen LogP contribution in [0.4, 0.5) is 5.95 Å². The van der Waals surface area contributed by atoms with Crippen LogP contribution in [0.2, 0.25) is 0 Å². The number of rotatable bonds is 4. The van der Waals surface area contributed by atoms with Crippen molar-refractivity contribution >= 4 is 21.8 Å². The van der Waals surface area contributed by atoms with Gasteiger partial charge in [0.05, 0.1) is 23.8 Å². The van der Waals surface area contributed by atoms with E-state index in [0.717, 1.165) is 6.26 Å². The number of carboxylic acid groups (broad SMARTS) is 1. The van der Waals surface area contributed by atoms with Crippen molar-refractivity contribution in [2.75, 3.05) is 37.5 Å². The molecule has 0 saturated carbocycles. The van der Waals surface area contributed by atoms with E-state index in [4.69, 9.17) is 4.74 Å². The van der Waals surface area contributed by atoms with Crippen molar-refractivity contribution < 1.29 is 23.1 Å². The summed E-state index contributed by atoms with van der Waals surface area (Å²) in [5.74, 6) is -0.716. The van der Waals surface area contributed by atoms with Crippen LogP contribution in [-0.2, 0) is 14.6 Å². The zero-order chi connectivity index (χ0) is 18.0. The molecule has 3 rings (SSSR count). The second-order valence-corrected chi connectivity index (χ2v) is 7.65. The highest BCUT2D eigenvalue weighted by atomic mass is 32.2. The van der Waals surface area contributed by atoms with Crippen molar-refractivity contribution in [1.82, 2.24) is 9.97 Å². The molecule has 0 radical (unpaired) electrons. The van der Waals surface area contributed by atoms with E-state index in [0.29, 0.717) is 37.8 Å². The maximum Gasteiger partial charge on any atom is 0.339 e. The topological polar surface area (TPSA) is 110 Å². The zero-order valence-electron chi connectivity index (χ0n) is 13.5. The highest BCUT2D eigenvalue weighted by Gasteiger charge is 2.20. The van der Waals surface area contributed by atoms with Gasteiger partial charge >= 0.3 is 5.97 Å². The summed E-state index contributed by atoms with van der Waals surface area (Å²) < 4.78 is 28.5. The second kappa shape index (κ2) is 6.77. The zero-order valence-corrected chi connectivity index (χ0v) is 14.4. The van der Waals surface area contributed by atoms with Gasteiger partial charge in [-0.05, 0) is 12.1 Å². The van der Waals surface area contributed by atoms with E-state index in [2.05, 4.69) is 9.97 Å². The van der Waals surface area contributed by atoms with Crippen molar-refractivity contribution in [3.63, 3.8) is 0 Å². The van der Waals surface area contributed by atoms with Crippen LogP contribution in [0, 0.1) is 0 Å². The summed E-state index contributed by atoms with van der Waals surface area (Å²) in [6.07, 6.45) is 2.39. The van der Waals surface area contributed by atoms with E-state index in [-0.39, 0.29) is 16.2 Å². The highest BCUT2D eigenvalue weighted by molar-refractivity contribution is 7.90. The van der Waals surface area contributed by atoms with Gasteiger partial charge in [-0.25, -0.2) is 23.2 Å². The molecule has 9 heteroatoms.